The highest BCUT2D eigenvalue weighted by Crippen LogP contribution is 2.21. The van der Waals surface area contributed by atoms with E-state index in [0.717, 1.165) is 19.3 Å². The molecule has 2 aromatic carbocycles. The number of anilines is 1. The molecule has 0 bridgehead atoms. The first-order chi connectivity index (χ1) is 12.5. The number of carbonyl (C=O) groups is 1. The van der Waals surface area contributed by atoms with Crippen LogP contribution in [0, 0.1) is 0 Å². The Morgan fingerprint density at radius 3 is 2.27 bits per heavy atom. The predicted molar refractivity (Wildman–Crippen MR) is 102 cm³/mol. The molecule has 2 N–H and O–H groups in total. The van der Waals surface area contributed by atoms with Crippen molar-refractivity contribution in [3.8, 4) is 0 Å². The third kappa shape index (κ3) is 4.17. The molecule has 3 rings (SSSR count). The Bertz CT molecular complexity index is 879. The molecule has 0 atom stereocenters. The van der Waals surface area contributed by atoms with E-state index >= 15 is 0 Å². The molecule has 1 saturated heterocycles. The Morgan fingerprint density at radius 1 is 0.962 bits per heavy atom. The average molecular weight is 394 g/mol. The molecule has 0 unspecified atom stereocenters. The molecule has 0 aliphatic carbocycles. The summed E-state index contributed by atoms with van der Waals surface area (Å²) in [6.45, 7) is 1.10. The SMILES string of the molecule is O=C(NNc1ccccc1Cl)c1ccc(S(=O)(=O)N2CCCCC2)cc1. The first kappa shape index (κ1) is 18.7. The summed E-state index contributed by atoms with van der Waals surface area (Å²) in [4.78, 5) is 12.4. The highest BCUT2D eigenvalue weighted by molar-refractivity contribution is 7.89. The summed E-state index contributed by atoms with van der Waals surface area (Å²) in [5.41, 5.74) is 6.22. The fourth-order valence-corrected chi connectivity index (χ4v) is 4.49. The summed E-state index contributed by atoms with van der Waals surface area (Å²) in [5, 5.41) is 0.482. The Hall–Kier alpha value is -2.09. The second-order valence-corrected chi connectivity index (χ2v) is 8.39. The second kappa shape index (κ2) is 8.07. The molecule has 1 aliphatic rings. The molecule has 0 saturated carbocycles. The number of benzene rings is 2. The fraction of sp³-hybridized carbons (Fsp3) is 0.278. The Morgan fingerprint density at radius 2 is 1.62 bits per heavy atom. The number of hydrazine groups is 1. The lowest BCUT2D eigenvalue weighted by Gasteiger charge is -2.25. The minimum Gasteiger partial charge on any atom is -0.297 e. The van der Waals surface area contributed by atoms with Crippen LogP contribution in [0.5, 0.6) is 0 Å². The van der Waals surface area contributed by atoms with E-state index in [-0.39, 0.29) is 10.8 Å². The van der Waals surface area contributed by atoms with Gasteiger partial charge in [-0.2, -0.15) is 4.31 Å². The van der Waals surface area contributed by atoms with Gasteiger partial charge in [0.15, 0.2) is 0 Å². The smallest absolute Gasteiger partial charge is 0.269 e. The third-order valence-corrected chi connectivity index (χ3v) is 6.50. The number of rotatable bonds is 5. The Kier molecular flexibility index (Phi) is 5.80. The number of nitrogens with one attached hydrogen (secondary N) is 2. The van der Waals surface area contributed by atoms with E-state index in [0.29, 0.717) is 29.4 Å². The van der Waals surface area contributed by atoms with E-state index in [9.17, 15) is 13.2 Å². The van der Waals surface area contributed by atoms with Gasteiger partial charge in [0, 0.05) is 18.7 Å². The summed E-state index contributed by atoms with van der Waals surface area (Å²) in [6.07, 6.45) is 2.82. The van der Waals surface area contributed by atoms with Crippen LogP contribution in [0.2, 0.25) is 5.02 Å². The number of piperidine rings is 1. The molecule has 0 radical (unpaired) electrons. The van der Waals surface area contributed by atoms with Gasteiger partial charge in [-0.15, -0.1) is 0 Å². The number of carbonyl (C=O) groups excluding carboxylic acids is 1. The van der Waals surface area contributed by atoms with E-state index in [1.165, 1.54) is 28.6 Å². The Labute approximate surface area is 158 Å². The van der Waals surface area contributed by atoms with Gasteiger partial charge in [-0.3, -0.25) is 15.6 Å². The maximum absolute atomic E-state index is 12.6. The highest BCUT2D eigenvalue weighted by atomic mass is 35.5. The molecular weight excluding hydrogens is 374 g/mol. The minimum atomic E-state index is -3.50. The van der Waals surface area contributed by atoms with Gasteiger partial charge in [0.2, 0.25) is 10.0 Å². The molecule has 6 nitrogen and oxygen atoms in total. The van der Waals surface area contributed by atoms with Crippen molar-refractivity contribution in [1.29, 1.82) is 0 Å². The van der Waals surface area contributed by atoms with Crippen LogP contribution in [-0.2, 0) is 10.0 Å². The van der Waals surface area contributed by atoms with E-state index < -0.39 is 10.0 Å². The molecule has 8 heteroatoms. The number of halogens is 1. The number of hydrogen-bond donors (Lipinski definition) is 2. The van der Waals surface area contributed by atoms with Crippen molar-refractivity contribution in [1.82, 2.24) is 9.73 Å². The van der Waals surface area contributed by atoms with Crippen LogP contribution < -0.4 is 10.9 Å². The van der Waals surface area contributed by atoms with Crippen LogP contribution in [0.3, 0.4) is 0 Å². The van der Waals surface area contributed by atoms with Crippen LogP contribution in [0.15, 0.2) is 53.4 Å². The fourth-order valence-electron chi connectivity index (χ4n) is 2.79. The number of amides is 1. The summed E-state index contributed by atoms with van der Waals surface area (Å²) in [5.74, 6) is -0.383. The largest absolute Gasteiger partial charge is 0.297 e. The van der Waals surface area contributed by atoms with Crippen molar-refractivity contribution in [3.63, 3.8) is 0 Å². The molecule has 138 valence electrons. The maximum Gasteiger partial charge on any atom is 0.269 e. The topological polar surface area (TPSA) is 78.5 Å². The van der Waals surface area contributed by atoms with Gasteiger partial charge in [0.25, 0.3) is 5.91 Å². The van der Waals surface area contributed by atoms with Crippen LogP contribution in [0.1, 0.15) is 29.6 Å². The molecule has 1 heterocycles. The lowest BCUT2D eigenvalue weighted by atomic mass is 10.2. The normalized spacial score (nSPS) is 15.4. The predicted octanol–water partition coefficient (Wildman–Crippen LogP) is 3.27. The average Bonchev–Trinajstić information content (AvgIpc) is 2.68. The third-order valence-electron chi connectivity index (χ3n) is 4.25. The zero-order valence-corrected chi connectivity index (χ0v) is 15.7. The maximum atomic E-state index is 12.6. The standard InChI is InChI=1S/C18H20ClN3O3S/c19-16-6-2-3-7-17(16)20-21-18(23)14-8-10-15(11-9-14)26(24,25)22-12-4-1-5-13-22/h2-3,6-11,20H,1,4-5,12-13H2,(H,21,23). The zero-order valence-electron chi connectivity index (χ0n) is 14.1. The van der Waals surface area contributed by atoms with Crippen molar-refractivity contribution < 1.29 is 13.2 Å². The van der Waals surface area contributed by atoms with Gasteiger partial charge in [-0.25, -0.2) is 8.42 Å². The molecule has 1 aliphatic heterocycles. The number of hydrogen-bond acceptors (Lipinski definition) is 4. The molecule has 1 fully saturated rings. The van der Waals surface area contributed by atoms with Gasteiger partial charge >= 0.3 is 0 Å². The van der Waals surface area contributed by atoms with Gasteiger partial charge in [-0.1, -0.05) is 30.2 Å². The lowest BCUT2D eigenvalue weighted by molar-refractivity contribution is 0.0962. The number of para-hydroxylation sites is 1. The monoisotopic (exact) mass is 393 g/mol. The Balaban J connectivity index is 1.67. The van der Waals surface area contributed by atoms with Crippen LogP contribution in [-0.4, -0.2) is 31.7 Å². The van der Waals surface area contributed by atoms with E-state index in [2.05, 4.69) is 10.9 Å². The van der Waals surface area contributed by atoms with Crippen molar-refractivity contribution in [2.24, 2.45) is 0 Å². The van der Waals surface area contributed by atoms with Crippen LogP contribution in [0.4, 0.5) is 5.69 Å². The lowest BCUT2D eigenvalue weighted by Crippen LogP contribution is -2.35. The van der Waals surface area contributed by atoms with Gasteiger partial charge in [0.05, 0.1) is 15.6 Å². The summed E-state index contributed by atoms with van der Waals surface area (Å²) in [7, 11) is -3.50. The minimum absolute atomic E-state index is 0.204. The summed E-state index contributed by atoms with van der Waals surface area (Å²) < 4.78 is 26.7. The summed E-state index contributed by atoms with van der Waals surface area (Å²) in [6, 6.07) is 13.0. The van der Waals surface area contributed by atoms with Crippen molar-refractivity contribution >= 4 is 33.2 Å². The van der Waals surface area contributed by atoms with Gasteiger partial charge < -0.3 is 0 Å². The van der Waals surface area contributed by atoms with Crippen molar-refractivity contribution in [3.05, 3.63) is 59.1 Å². The van der Waals surface area contributed by atoms with Crippen LogP contribution >= 0.6 is 11.6 Å². The molecular formula is C18H20ClN3O3S. The van der Waals surface area contributed by atoms with Gasteiger partial charge in [-0.05, 0) is 49.2 Å². The van der Waals surface area contributed by atoms with E-state index in [1.54, 1.807) is 24.3 Å². The van der Waals surface area contributed by atoms with E-state index in [1.807, 2.05) is 0 Å². The van der Waals surface area contributed by atoms with Gasteiger partial charge in [0.1, 0.15) is 0 Å². The second-order valence-electron chi connectivity index (χ2n) is 6.05. The van der Waals surface area contributed by atoms with Crippen molar-refractivity contribution in [2.45, 2.75) is 24.2 Å². The molecule has 0 spiro atoms. The van der Waals surface area contributed by atoms with Crippen molar-refractivity contribution in [2.75, 3.05) is 18.5 Å². The molecule has 26 heavy (non-hydrogen) atoms. The summed E-state index contributed by atoms with van der Waals surface area (Å²) >= 11 is 6.01. The molecule has 0 aromatic heterocycles. The molecule has 1 amide bonds. The first-order valence-electron chi connectivity index (χ1n) is 8.39. The zero-order chi connectivity index (χ0) is 18.6. The number of nitrogens with zero attached hydrogens (tertiary/aromatic N) is 1. The van der Waals surface area contributed by atoms with E-state index in [4.69, 9.17) is 11.6 Å². The number of sulfonamides is 1. The first-order valence-corrected chi connectivity index (χ1v) is 10.2. The quantitative estimate of drug-likeness (QED) is 0.764. The highest BCUT2D eigenvalue weighted by Gasteiger charge is 2.25. The molecule has 2 aromatic rings. The van der Waals surface area contributed by atoms with Crippen LogP contribution in [0.25, 0.3) is 0 Å².